The zero-order chi connectivity index (χ0) is 19.2. The number of carbonyl (C=O) groups excluding carboxylic acids is 1. The smallest absolute Gasteiger partial charge is 0.286 e. The van der Waals surface area contributed by atoms with E-state index < -0.39 is 9.84 Å². The number of carbonyl (C=O) groups is 1. The van der Waals surface area contributed by atoms with Gasteiger partial charge in [0, 0.05) is 19.3 Å². The second kappa shape index (κ2) is 6.76. The standard InChI is InChI=1S/C19H22N2O4S2/c1-13(12-27(2,23)24)16-17(22)20-18(26-16)21-9-7-19(8-10-21)15-6-4-3-5-14(15)11-25-19/h3-6H,7-12H2,1-2H3/b16-13-. The Morgan fingerprint density at radius 3 is 2.70 bits per heavy atom. The summed E-state index contributed by atoms with van der Waals surface area (Å²) in [5.74, 6) is -0.448. The lowest BCUT2D eigenvalue weighted by Gasteiger charge is -2.39. The van der Waals surface area contributed by atoms with Crippen molar-refractivity contribution in [3.05, 3.63) is 45.9 Å². The molecule has 0 atom stereocenters. The molecule has 0 N–H and O–H groups in total. The summed E-state index contributed by atoms with van der Waals surface area (Å²) in [5, 5.41) is 0.670. The summed E-state index contributed by atoms with van der Waals surface area (Å²) >= 11 is 1.29. The van der Waals surface area contributed by atoms with Gasteiger partial charge in [-0.25, -0.2) is 8.42 Å². The van der Waals surface area contributed by atoms with E-state index in [1.165, 1.54) is 29.1 Å². The van der Waals surface area contributed by atoms with E-state index in [0.29, 0.717) is 22.3 Å². The molecule has 27 heavy (non-hydrogen) atoms. The molecule has 8 heteroatoms. The monoisotopic (exact) mass is 406 g/mol. The van der Waals surface area contributed by atoms with Crippen molar-refractivity contribution in [2.24, 2.45) is 4.99 Å². The first-order valence-electron chi connectivity index (χ1n) is 8.93. The van der Waals surface area contributed by atoms with E-state index in [2.05, 4.69) is 28.1 Å². The number of aliphatic imine (C=N–C) groups is 1. The van der Waals surface area contributed by atoms with Crippen LogP contribution in [0.3, 0.4) is 0 Å². The summed E-state index contributed by atoms with van der Waals surface area (Å²) in [6.07, 6.45) is 2.87. The number of hydrogen-bond acceptors (Lipinski definition) is 6. The van der Waals surface area contributed by atoms with Crippen LogP contribution in [0.25, 0.3) is 0 Å². The molecule has 0 radical (unpaired) electrons. The molecule has 0 aromatic heterocycles. The summed E-state index contributed by atoms with van der Waals surface area (Å²) in [5.41, 5.74) is 2.88. The van der Waals surface area contributed by atoms with Crippen molar-refractivity contribution < 1.29 is 17.9 Å². The molecule has 0 unspecified atom stereocenters. The van der Waals surface area contributed by atoms with E-state index >= 15 is 0 Å². The van der Waals surface area contributed by atoms with Crippen LogP contribution < -0.4 is 0 Å². The van der Waals surface area contributed by atoms with Gasteiger partial charge in [-0.3, -0.25) is 4.79 Å². The van der Waals surface area contributed by atoms with Crippen LogP contribution >= 0.6 is 11.8 Å². The molecule has 1 spiro atoms. The fourth-order valence-electron chi connectivity index (χ4n) is 4.02. The molecular weight excluding hydrogens is 384 g/mol. The lowest BCUT2D eigenvalue weighted by molar-refractivity contribution is -0.113. The van der Waals surface area contributed by atoms with Crippen LogP contribution in [-0.4, -0.2) is 49.5 Å². The number of thioether (sulfide) groups is 1. The zero-order valence-electron chi connectivity index (χ0n) is 15.4. The Hall–Kier alpha value is -1.64. The van der Waals surface area contributed by atoms with E-state index in [4.69, 9.17) is 4.74 Å². The summed E-state index contributed by atoms with van der Waals surface area (Å²) in [7, 11) is -3.17. The molecule has 1 aromatic rings. The average Bonchev–Trinajstić information content (AvgIpc) is 3.17. The van der Waals surface area contributed by atoms with Crippen LogP contribution in [-0.2, 0) is 31.6 Å². The van der Waals surface area contributed by atoms with Crippen LogP contribution in [0.5, 0.6) is 0 Å². The number of nitrogens with zero attached hydrogens (tertiary/aromatic N) is 2. The maximum Gasteiger partial charge on any atom is 0.286 e. The molecule has 144 valence electrons. The van der Waals surface area contributed by atoms with Gasteiger partial charge in [0.25, 0.3) is 5.91 Å². The van der Waals surface area contributed by atoms with Crippen LogP contribution in [0.4, 0.5) is 0 Å². The maximum absolute atomic E-state index is 12.3. The van der Waals surface area contributed by atoms with Crippen molar-refractivity contribution in [2.45, 2.75) is 32.0 Å². The second-order valence-electron chi connectivity index (χ2n) is 7.41. The highest BCUT2D eigenvalue weighted by Crippen LogP contribution is 2.45. The van der Waals surface area contributed by atoms with Gasteiger partial charge in [0.05, 0.1) is 22.9 Å². The van der Waals surface area contributed by atoms with Gasteiger partial charge in [0.2, 0.25) is 0 Å². The minimum atomic E-state index is -3.17. The number of sulfone groups is 1. The van der Waals surface area contributed by atoms with Crippen molar-refractivity contribution in [2.75, 3.05) is 25.1 Å². The number of ether oxygens (including phenoxy) is 1. The first kappa shape index (κ1) is 18.7. The Kier molecular flexibility index (Phi) is 4.68. The molecule has 6 nitrogen and oxygen atoms in total. The Morgan fingerprint density at radius 1 is 1.30 bits per heavy atom. The van der Waals surface area contributed by atoms with Gasteiger partial charge in [-0.05, 0) is 48.2 Å². The SMILES string of the molecule is C/C(CS(C)(=O)=O)=C1/SC(N2CCC3(CC2)OCc2ccccc23)=NC1=O. The Balaban J connectivity index is 1.46. The normalized spacial score (nSPS) is 23.6. The lowest BCUT2D eigenvalue weighted by Crippen LogP contribution is -2.44. The molecule has 0 aliphatic carbocycles. The van der Waals surface area contributed by atoms with E-state index in [0.717, 1.165) is 25.9 Å². The number of amidine groups is 1. The minimum Gasteiger partial charge on any atom is -0.365 e. The zero-order valence-corrected chi connectivity index (χ0v) is 17.0. The van der Waals surface area contributed by atoms with Gasteiger partial charge in [0.1, 0.15) is 0 Å². The molecule has 3 aliphatic heterocycles. The molecular formula is C19H22N2O4S2. The van der Waals surface area contributed by atoms with E-state index in [-0.39, 0.29) is 17.3 Å². The van der Waals surface area contributed by atoms with Crippen molar-refractivity contribution in [3.63, 3.8) is 0 Å². The van der Waals surface area contributed by atoms with E-state index in [9.17, 15) is 13.2 Å². The van der Waals surface area contributed by atoms with E-state index in [1.807, 2.05) is 6.07 Å². The molecule has 3 heterocycles. The number of benzene rings is 1. The fraction of sp³-hybridized carbons (Fsp3) is 0.474. The first-order chi connectivity index (χ1) is 12.8. The Morgan fingerprint density at radius 2 is 2.00 bits per heavy atom. The maximum atomic E-state index is 12.3. The van der Waals surface area contributed by atoms with Crippen LogP contribution in [0.1, 0.15) is 30.9 Å². The lowest BCUT2D eigenvalue weighted by atomic mass is 9.84. The van der Waals surface area contributed by atoms with Gasteiger partial charge in [0.15, 0.2) is 15.0 Å². The summed E-state index contributed by atoms with van der Waals surface area (Å²) < 4.78 is 29.2. The van der Waals surface area contributed by atoms with Gasteiger partial charge in [-0.2, -0.15) is 4.99 Å². The topological polar surface area (TPSA) is 76.0 Å². The number of likely N-dealkylation sites (tertiary alicyclic amines) is 1. The number of piperidine rings is 1. The number of rotatable bonds is 2. The van der Waals surface area contributed by atoms with E-state index in [1.54, 1.807) is 6.92 Å². The number of amides is 1. The van der Waals surface area contributed by atoms with Crippen molar-refractivity contribution in [1.82, 2.24) is 4.90 Å². The van der Waals surface area contributed by atoms with Crippen molar-refractivity contribution in [3.8, 4) is 0 Å². The van der Waals surface area contributed by atoms with Gasteiger partial charge in [-0.1, -0.05) is 24.3 Å². The predicted molar refractivity (Wildman–Crippen MR) is 106 cm³/mol. The third-order valence-electron chi connectivity index (χ3n) is 5.30. The molecule has 1 aromatic carbocycles. The molecule has 3 aliphatic rings. The summed E-state index contributed by atoms with van der Waals surface area (Å²) in [4.78, 5) is 19.0. The molecule has 0 bridgehead atoms. The van der Waals surface area contributed by atoms with Crippen LogP contribution in [0, 0.1) is 0 Å². The van der Waals surface area contributed by atoms with Crippen LogP contribution in [0.2, 0.25) is 0 Å². The molecule has 0 saturated carbocycles. The first-order valence-corrected chi connectivity index (χ1v) is 11.8. The molecule has 1 saturated heterocycles. The highest BCUT2D eigenvalue weighted by Gasteiger charge is 2.43. The predicted octanol–water partition coefficient (Wildman–Crippen LogP) is 2.46. The molecule has 1 amide bonds. The summed E-state index contributed by atoms with van der Waals surface area (Å²) in [6, 6.07) is 8.36. The van der Waals surface area contributed by atoms with Gasteiger partial charge in [-0.15, -0.1) is 0 Å². The average molecular weight is 407 g/mol. The quantitative estimate of drug-likeness (QED) is 0.703. The van der Waals surface area contributed by atoms with Crippen molar-refractivity contribution in [1.29, 1.82) is 0 Å². The third-order valence-corrected chi connectivity index (χ3v) is 7.52. The second-order valence-corrected chi connectivity index (χ2v) is 10.5. The summed E-state index contributed by atoms with van der Waals surface area (Å²) in [6.45, 7) is 3.86. The Bertz CT molecular complexity index is 958. The van der Waals surface area contributed by atoms with Gasteiger partial charge < -0.3 is 9.64 Å². The van der Waals surface area contributed by atoms with Crippen molar-refractivity contribution >= 4 is 32.7 Å². The number of fused-ring (bicyclic) bond motifs is 2. The fourth-order valence-corrected chi connectivity index (χ4v) is 6.04. The number of hydrogen-bond donors (Lipinski definition) is 0. The molecule has 1 fully saturated rings. The van der Waals surface area contributed by atoms with Crippen LogP contribution in [0.15, 0.2) is 39.7 Å². The third kappa shape index (κ3) is 3.58. The largest absolute Gasteiger partial charge is 0.365 e. The Labute approximate surface area is 163 Å². The van der Waals surface area contributed by atoms with Gasteiger partial charge >= 0.3 is 0 Å². The highest BCUT2D eigenvalue weighted by molar-refractivity contribution is 8.18. The minimum absolute atomic E-state index is 0.113. The highest BCUT2D eigenvalue weighted by atomic mass is 32.2. The molecule has 4 rings (SSSR count).